The van der Waals surface area contributed by atoms with Crippen molar-refractivity contribution < 1.29 is 13.7 Å². The average molecular weight is 549 g/mol. The van der Waals surface area contributed by atoms with Crippen LogP contribution in [0.25, 0.3) is 76.1 Å². The minimum absolute atomic E-state index is 0.168. The fourth-order valence-corrected chi connectivity index (χ4v) is 6.65. The van der Waals surface area contributed by atoms with Crippen molar-refractivity contribution in [1.82, 2.24) is 0 Å². The number of fused-ring (bicyclic) bond motifs is 3. The first-order valence-corrected chi connectivity index (χ1v) is 14.1. The van der Waals surface area contributed by atoms with E-state index in [2.05, 4.69) is 17.5 Å². The molecule has 0 saturated heterocycles. The van der Waals surface area contributed by atoms with Crippen molar-refractivity contribution in [3.63, 3.8) is 0 Å². The van der Waals surface area contributed by atoms with E-state index in [1.165, 1.54) is 0 Å². The van der Waals surface area contributed by atoms with Gasteiger partial charge in [0.15, 0.2) is 0 Å². The van der Waals surface area contributed by atoms with Gasteiger partial charge in [-0.05, 0) is 78.0 Å². The highest BCUT2D eigenvalue weighted by atomic mass is 32.1. The zero-order valence-corrected chi connectivity index (χ0v) is 22.5. The summed E-state index contributed by atoms with van der Waals surface area (Å²) in [6.07, 6.45) is 0. The van der Waals surface area contributed by atoms with E-state index in [-0.39, 0.29) is 59.5 Å². The summed E-state index contributed by atoms with van der Waals surface area (Å²) in [6, 6.07) is 26.0. The van der Waals surface area contributed by atoms with E-state index >= 15 is 0 Å². The fourth-order valence-electron chi connectivity index (χ4n) is 5.70. The predicted molar refractivity (Wildman–Crippen MR) is 179 cm³/mol. The van der Waals surface area contributed by atoms with Crippen LogP contribution in [0.5, 0.6) is 0 Å². The average Bonchev–Trinajstić information content (AvgIpc) is 3.58. The maximum absolute atomic E-state index is 8.79. The van der Waals surface area contributed by atoms with E-state index in [4.69, 9.17) is 13.7 Å². The second-order valence-corrected chi connectivity index (χ2v) is 10.7. The summed E-state index contributed by atoms with van der Waals surface area (Å²) < 4.78 is 84.7. The Labute approximate surface area is 257 Å². The van der Waals surface area contributed by atoms with E-state index in [1.54, 1.807) is 17.4 Å². The van der Waals surface area contributed by atoms with E-state index in [0.29, 0.717) is 11.1 Å². The van der Waals surface area contributed by atoms with Gasteiger partial charge in [-0.3, -0.25) is 0 Å². The molecule has 0 unspecified atom stereocenters. The summed E-state index contributed by atoms with van der Waals surface area (Å²) >= 11 is 1.57. The molecule has 0 spiro atoms. The monoisotopic (exact) mass is 548 g/mol. The van der Waals surface area contributed by atoms with Crippen molar-refractivity contribution in [2.24, 2.45) is 0 Å². The molecule has 0 aliphatic heterocycles. The molecule has 8 aromatic rings. The van der Waals surface area contributed by atoms with Crippen LogP contribution in [-0.4, -0.2) is 0 Å². The van der Waals surface area contributed by atoms with Crippen molar-refractivity contribution in [2.45, 2.75) is 0 Å². The van der Waals surface area contributed by atoms with E-state index in [0.717, 1.165) is 53.9 Å². The highest BCUT2D eigenvalue weighted by Gasteiger charge is 2.16. The molecule has 41 heavy (non-hydrogen) atoms. The lowest BCUT2D eigenvalue weighted by molar-refractivity contribution is 1.64. The van der Waals surface area contributed by atoms with Crippen LogP contribution in [-0.2, 0) is 0 Å². The van der Waals surface area contributed by atoms with Gasteiger partial charge in [0, 0.05) is 15.6 Å². The summed E-state index contributed by atoms with van der Waals surface area (Å²) in [6.45, 7) is 0. The van der Waals surface area contributed by atoms with Crippen LogP contribution in [0.4, 0.5) is 0 Å². The Balaban J connectivity index is 1.30. The van der Waals surface area contributed by atoms with E-state index < -0.39 is 12.1 Å². The topological polar surface area (TPSA) is 0 Å². The van der Waals surface area contributed by atoms with Gasteiger partial charge >= 0.3 is 0 Å². The van der Waals surface area contributed by atoms with Crippen LogP contribution in [0.2, 0.25) is 0 Å². The van der Waals surface area contributed by atoms with Crippen LogP contribution < -0.4 is 0 Å². The van der Waals surface area contributed by atoms with Gasteiger partial charge in [-0.25, -0.2) is 0 Å². The molecule has 1 aromatic heterocycles. The Morgan fingerprint density at radius 2 is 0.902 bits per heavy atom. The molecule has 0 nitrogen and oxygen atoms in total. The van der Waals surface area contributed by atoms with Gasteiger partial charge in [-0.1, -0.05) is 139 Å². The van der Waals surface area contributed by atoms with Gasteiger partial charge in [0.05, 0.1) is 13.7 Å². The molecular weight excluding hydrogens is 513 g/mol. The highest BCUT2D eigenvalue weighted by molar-refractivity contribution is 7.17. The van der Waals surface area contributed by atoms with E-state index in [1.807, 2.05) is 72.8 Å². The Morgan fingerprint density at radius 3 is 1.49 bits per heavy atom. The molecule has 0 amide bonds. The zero-order valence-electron chi connectivity index (χ0n) is 31.6. The summed E-state index contributed by atoms with van der Waals surface area (Å²) in [5, 5.41) is 6.29. The number of benzene rings is 7. The van der Waals surface area contributed by atoms with Crippen molar-refractivity contribution in [2.75, 3.05) is 0 Å². The largest absolute Gasteiger partial charge is 0.143 e. The van der Waals surface area contributed by atoms with Crippen molar-refractivity contribution in [3.8, 4) is 44.5 Å². The van der Waals surface area contributed by atoms with Crippen LogP contribution >= 0.6 is 11.3 Å². The number of hydrogen-bond acceptors (Lipinski definition) is 1. The van der Waals surface area contributed by atoms with Crippen molar-refractivity contribution >= 4 is 43.0 Å². The molecule has 7 aromatic carbocycles. The van der Waals surface area contributed by atoms with Gasteiger partial charge in [0.25, 0.3) is 0 Å². The summed E-state index contributed by atoms with van der Waals surface area (Å²) in [7, 11) is 0. The Hall–Kier alpha value is -4.98. The molecule has 0 aliphatic carbocycles. The molecule has 0 N–H and O–H groups in total. The molecule has 0 radical (unpaired) electrons. The highest BCUT2D eigenvalue weighted by Crippen LogP contribution is 2.44. The van der Waals surface area contributed by atoms with Crippen LogP contribution in [0, 0.1) is 0 Å². The fraction of sp³-hybridized carbons (Fsp3) is 0. The first-order chi connectivity index (χ1) is 24.5. The molecule has 1 heteroatoms. The predicted octanol–water partition coefficient (Wildman–Crippen LogP) is 11.9. The van der Waals surface area contributed by atoms with Crippen molar-refractivity contribution in [3.05, 3.63) is 157 Å². The number of hydrogen-bond donors (Lipinski definition) is 0. The van der Waals surface area contributed by atoms with Gasteiger partial charge in [-0.15, -0.1) is 11.3 Å². The minimum atomic E-state index is -0.428. The third-order valence-electron chi connectivity index (χ3n) is 7.53. The lowest BCUT2D eigenvalue weighted by Gasteiger charge is -2.18. The third kappa shape index (κ3) is 4.06. The molecule has 0 bridgehead atoms. The van der Waals surface area contributed by atoms with Crippen LogP contribution in [0.3, 0.4) is 0 Å². The van der Waals surface area contributed by atoms with Gasteiger partial charge in [0.2, 0.25) is 0 Å². The van der Waals surface area contributed by atoms with Gasteiger partial charge in [-0.2, -0.15) is 0 Å². The normalized spacial score (nSPS) is 14.8. The lowest BCUT2D eigenvalue weighted by atomic mass is 9.86. The van der Waals surface area contributed by atoms with Gasteiger partial charge in [0.1, 0.15) is 0 Å². The molecular formula is C40H26S. The van der Waals surface area contributed by atoms with E-state index in [9.17, 15) is 0 Å². The van der Waals surface area contributed by atoms with Gasteiger partial charge < -0.3 is 0 Å². The molecule has 0 fully saturated rings. The third-order valence-corrected chi connectivity index (χ3v) is 8.49. The molecule has 0 atom stereocenters. The summed E-state index contributed by atoms with van der Waals surface area (Å²) in [5.41, 5.74) is 5.30. The molecule has 0 saturated carbocycles. The maximum atomic E-state index is 8.79. The first-order valence-electron chi connectivity index (χ1n) is 18.2. The quantitative estimate of drug-likeness (QED) is 0.192. The lowest BCUT2D eigenvalue weighted by Crippen LogP contribution is -1.90. The SMILES string of the molecule is [2H]c1c([2H])c([2H])c(-c2ccc3scc(-c4ccc(-c5c6ccccc6c(-c6c([2H])c([2H])c([2H])c([2H])c6[2H])c6ccccc56)cc4)c3c2)c([2H])c1[2H]. The first kappa shape index (κ1) is 15.7. The van der Waals surface area contributed by atoms with Crippen LogP contribution in [0.15, 0.2) is 157 Å². The van der Waals surface area contributed by atoms with Crippen molar-refractivity contribution in [1.29, 1.82) is 0 Å². The van der Waals surface area contributed by atoms with Crippen LogP contribution in [0.1, 0.15) is 13.7 Å². The molecule has 1 heterocycles. The molecule has 8 rings (SSSR count). The minimum Gasteiger partial charge on any atom is -0.143 e. The number of rotatable bonds is 4. The smallest absolute Gasteiger partial charge is 0.0629 e. The Bertz CT molecular complexity index is 2630. The Kier molecular flexibility index (Phi) is 3.79. The second-order valence-electron chi connectivity index (χ2n) is 9.78. The summed E-state index contributed by atoms with van der Waals surface area (Å²) in [5.74, 6) is 0. The molecule has 192 valence electrons. The standard InChI is InChI=1S/C40H26S/c1-3-11-27(12-4-1)31-23-24-38-36(25-31)37(26-41-38)28-19-21-30(22-20-28)40-34-17-9-7-15-32(34)39(29-13-5-2-6-14-29)33-16-8-10-18-35(33)40/h1-26H/i1D,2D,3D,4D,5D,6D,11D,12D,13D,14D. The number of thiophene rings is 1. The summed E-state index contributed by atoms with van der Waals surface area (Å²) in [4.78, 5) is 0. The maximum Gasteiger partial charge on any atom is 0.0629 e. The zero-order chi connectivity index (χ0) is 35.9. The Morgan fingerprint density at radius 1 is 0.415 bits per heavy atom. The second kappa shape index (κ2) is 9.89. The molecule has 0 aliphatic rings.